The van der Waals surface area contributed by atoms with Crippen molar-refractivity contribution in [3.63, 3.8) is 0 Å². The molecule has 2 rings (SSSR count). The minimum absolute atomic E-state index is 0.814. The summed E-state index contributed by atoms with van der Waals surface area (Å²) in [6.45, 7) is 4.87. The third kappa shape index (κ3) is 2.55. The van der Waals surface area contributed by atoms with Crippen molar-refractivity contribution in [2.75, 3.05) is 11.9 Å². The minimum atomic E-state index is 0.814. The van der Waals surface area contributed by atoms with E-state index in [1.54, 1.807) is 11.0 Å². The Hall–Kier alpha value is -1.63. The molecule has 0 bridgehead atoms. The first-order chi connectivity index (χ1) is 8.22. The molecule has 0 aliphatic heterocycles. The van der Waals surface area contributed by atoms with E-state index in [1.165, 1.54) is 18.1 Å². The number of nitrogens with one attached hydrogen (secondary N) is 1. The molecule has 0 aliphatic carbocycles. The molecule has 1 N–H and O–H groups in total. The molecule has 2 aromatic rings. The van der Waals surface area contributed by atoms with Crippen molar-refractivity contribution < 1.29 is 0 Å². The zero-order valence-electron chi connectivity index (χ0n) is 10.0. The summed E-state index contributed by atoms with van der Waals surface area (Å²) in [7, 11) is 1.86. The number of nitrogens with zero attached hydrogens (tertiary/aromatic N) is 5. The Morgan fingerprint density at radius 3 is 2.76 bits per heavy atom. The van der Waals surface area contributed by atoms with Crippen LogP contribution in [0.2, 0.25) is 0 Å². The third-order valence-corrected chi connectivity index (χ3v) is 3.40. The topological polar surface area (TPSA) is 68.5 Å². The largest absolute Gasteiger partial charge is 0.370 e. The number of hydrogen-bond acceptors (Lipinski definition) is 6. The maximum Gasteiger partial charge on any atom is 0.192 e. The first-order valence-corrected chi connectivity index (χ1v) is 6.11. The van der Waals surface area contributed by atoms with Crippen LogP contribution in [0.3, 0.4) is 0 Å². The Morgan fingerprint density at radius 1 is 1.29 bits per heavy atom. The van der Waals surface area contributed by atoms with Gasteiger partial charge in [-0.25, -0.2) is 19.6 Å². The van der Waals surface area contributed by atoms with Gasteiger partial charge in [-0.15, -0.1) is 0 Å². The van der Waals surface area contributed by atoms with Crippen molar-refractivity contribution in [1.82, 2.24) is 24.7 Å². The van der Waals surface area contributed by atoms with E-state index in [4.69, 9.17) is 0 Å². The highest BCUT2D eigenvalue weighted by Gasteiger charge is 2.10. The molecule has 90 valence electrons. The van der Waals surface area contributed by atoms with Gasteiger partial charge in [-0.2, -0.15) is 5.10 Å². The Bertz CT molecular complexity index is 509. The van der Waals surface area contributed by atoms with Crippen molar-refractivity contribution >= 4 is 17.6 Å². The molecule has 17 heavy (non-hydrogen) atoms. The third-order valence-electron chi connectivity index (χ3n) is 2.24. The van der Waals surface area contributed by atoms with E-state index in [1.807, 2.05) is 20.9 Å². The average Bonchev–Trinajstić information content (AvgIpc) is 2.70. The summed E-state index contributed by atoms with van der Waals surface area (Å²) in [5, 5.41) is 8.94. The highest BCUT2D eigenvalue weighted by atomic mass is 32.2. The van der Waals surface area contributed by atoms with E-state index >= 15 is 0 Å². The van der Waals surface area contributed by atoms with Gasteiger partial charge in [0.1, 0.15) is 23.5 Å². The van der Waals surface area contributed by atoms with Gasteiger partial charge < -0.3 is 5.32 Å². The standard InChI is InChI=1S/C10H14N6S/c1-4-11-8-7(2)9(13-5-12-8)17-10-14-6-15-16(10)3/h5-6H,4H2,1-3H3,(H,11,12,13). The zero-order chi connectivity index (χ0) is 12.3. The number of aryl methyl sites for hydroxylation is 1. The van der Waals surface area contributed by atoms with Crippen molar-refractivity contribution in [3.05, 3.63) is 18.2 Å². The number of anilines is 1. The second kappa shape index (κ2) is 5.13. The molecule has 0 atom stereocenters. The molecule has 0 saturated carbocycles. The molecular weight excluding hydrogens is 236 g/mol. The predicted octanol–water partition coefficient (Wildman–Crippen LogP) is 1.50. The van der Waals surface area contributed by atoms with E-state index in [0.717, 1.165) is 28.1 Å². The fraction of sp³-hybridized carbons (Fsp3) is 0.400. The Balaban J connectivity index is 2.27. The van der Waals surface area contributed by atoms with Gasteiger partial charge in [0.15, 0.2) is 5.16 Å². The molecule has 0 spiro atoms. The summed E-state index contributed by atoms with van der Waals surface area (Å²) >= 11 is 1.49. The van der Waals surface area contributed by atoms with Gasteiger partial charge >= 0.3 is 0 Å². The van der Waals surface area contributed by atoms with Gasteiger partial charge in [0.25, 0.3) is 0 Å². The van der Waals surface area contributed by atoms with Crippen LogP contribution in [0.15, 0.2) is 22.8 Å². The van der Waals surface area contributed by atoms with Crippen LogP contribution in [0, 0.1) is 6.92 Å². The monoisotopic (exact) mass is 250 g/mol. The van der Waals surface area contributed by atoms with Crippen molar-refractivity contribution in [2.24, 2.45) is 7.05 Å². The fourth-order valence-corrected chi connectivity index (χ4v) is 2.15. The summed E-state index contributed by atoms with van der Waals surface area (Å²) < 4.78 is 1.72. The maximum absolute atomic E-state index is 4.27. The molecule has 2 aromatic heterocycles. The van der Waals surface area contributed by atoms with Gasteiger partial charge in [0.05, 0.1) is 0 Å². The lowest BCUT2D eigenvalue weighted by Crippen LogP contribution is -2.03. The molecule has 0 radical (unpaired) electrons. The van der Waals surface area contributed by atoms with Crippen molar-refractivity contribution in [2.45, 2.75) is 24.0 Å². The van der Waals surface area contributed by atoms with Gasteiger partial charge in [0, 0.05) is 19.2 Å². The van der Waals surface area contributed by atoms with Crippen LogP contribution in [-0.2, 0) is 7.05 Å². The van der Waals surface area contributed by atoms with Crippen LogP contribution in [0.1, 0.15) is 12.5 Å². The summed E-state index contributed by atoms with van der Waals surface area (Å²) in [6.07, 6.45) is 3.09. The molecule has 0 saturated heterocycles. The van der Waals surface area contributed by atoms with Gasteiger partial charge in [-0.1, -0.05) is 0 Å². The molecule has 0 unspecified atom stereocenters. The molecule has 0 aliphatic rings. The Labute approximate surface area is 104 Å². The SMILES string of the molecule is CCNc1ncnc(Sc2ncnn2C)c1C. The number of rotatable bonds is 4. The zero-order valence-corrected chi connectivity index (χ0v) is 10.8. The lowest BCUT2D eigenvalue weighted by atomic mass is 10.3. The molecule has 0 fully saturated rings. The quantitative estimate of drug-likeness (QED) is 0.829. The second-order valence-corrected chi connectivity index (χ2v) is 4.41. The average molecular weight is 250 g/mol. The number of hydrogen-bond donors (Lipinski definition) is 1. The highest BCUT2D eigenvalue weighted by molar-refractivity contribution is 7.99. The first-order valence-electron chi connectivity index (χ1n) is 5.29. The predicted molar refractivity (Wildman–Crippen MR) is 66.1 cm³/mol. The summed E-state index contributed by atoms with van der Waals surface area (Å²) in [6, 6.07) is 0. The van der Waals surface area contributed by atoms with Gasteiger partial charge in [-0.3, -0.25) is 0 Å². The van der Waals surface area contributed by atoms with Crippen molar-refractivity contribution in [3.8, 4) is 0 Å². The van der Waals surface area contributed by atoms with E-state index in [2.05, 4.69) is 25.4 Å². The summed E-state index contributed by atoms with van der Waals surface area (Å²) in [5.41, 5.74) is 1.03. The first kappa shape index (κ1) is 11.8. The molecular formula is C10H14N6S. The van der Waals surface area contributed by atoms with E-state index in [-0.39, 0.29) is 0 Å². The molecule has 0 amide bonds. The van der Waals surface area contributed by atoms with Crippen LogP contribution in [0.25, 0.3) is 0 Å². The molecule has 2 heterocycles. The smallest absolute Gasteiger partial charge is 0.192 e. The van der Waals surface area contributed by atoms with E-state index < -0.39 is 0 Å². The van der Waals surface area contributed by atoms with E-state index in [9.17, 15) is 0 Å². The maximum atomic E-state index is 4.27. The second-order valence-electron chi connectivity index (χ2n) is 3.45. The molecule has 6 nitrogen and oxygen atoms in total. The number of aromatic nitrogens is 5. The Kier molecular flexibility index (Phi) is 3.58. The lowest BCUT2D eigenvalue weighted by molar-refractivity contribution is 0.684. The van der Waals surface area contributed by atoms with E-state index in [0.29, 0.717) is 0 Å². The molecule has 0 aromatic carbocycles. The van der Waals surface area contributed by atoms with Crippen LogP contribution in [-0.4, -0.2) is 31.3 Å². The van der Waals surface area contributed by atoms with Crippen LogP contribution >= 0.6 is 11.8 Å². The van der Waals surface area contributed by atoms with Gasteiger partial charge in [-0.05, 0) is 25.6 Å². The summed E-state index contributed by atoms with van der Waals surface area (Å²) in [4.78, 5) is 12.6. The fourth-order valence-electron chi connectivity index (χ4n) is 1.35. The van der Waals surface area contributed by atoms with Gasteiger partial charge in [0.2, 0.25) is 0 Å². The highest BCUT2D eigenvalue weighted by Crippen LogP contribution is 2.28. The van der Waals surface area contributed by atoms with Crippen LogP contribution < -0.4 is 5.32 Å². The molecule has 7 heteroatoms. The summed E-state index contributed by atoms with van der Waals surface area (Å²) in [5.74, 6) is 0.868. The van der Waals surface area contributed by atoms with Crippen molar-refractivity contribution in [1.29, 1.82) is 0 Å². The van der Waals surface area contributed by atoms with Crippen LogP contribution in [0.4, 0.5) is 5.82 Å². The Morgan fingerprint density at radius 2 is 2.12 bits per heavy atom. The van der Waals surface area contributed by atoms with Crippen LogP contribution in [0.5, 0.6) is 0 Å². The lowest BCUT2D eigenvalue weighted by Gasteiger charge is -2.08. The normalized spacial score (nSPS) is 10.5. The minimum Gasteiger partial charge on any atom is -0.370 e.